The maximum atomic E-state index is 5.92. The molecular weight excluding hydrogens is 281 g/mol. The van der Waals surface area contributed by atoms with Gasteiger partial charge in [-0.1, -0.05) is 23.7 Å². The van der Waals surface area contributed by atoms with Gasteiger partial charge in [-0.2, -0.15) is 0 Å². The zero-order valence-corrected chi connectivity index (χ0v) is 13.0. The molecule has 1 atom stereocenters. The monoisotopic (exact) mass is 303 g/mol. The zero-order chi connectivity index (χ0) is 13.0. The third-order valence-electron chi connectivity index (χ3n) is 3.75. The van der Waals surface area contributed by atoms with E-state index in [1.54, 1.807) is 0 Å². The van der Waals surface area contributed by atoms with Crippen LogP contribution in [0.4, 0.5) is 0 Å². The maximum absolute atomic E-state index is 5.92. The predicted octanol–water partition coefficient (Wildman–Crippen LogP) is 2.40. The Morgan fingerprint density at radius 1 is 1.16 bits per heavy atom. The van der Waals surface area contributed by atoms with Gasteiger partial charge in [0.2, 0.25) is 0 Å². The van der Waals surface area contributed by atoms with Gasteiger partial charge in [-0.05, 0) is 24.6 Å². The summed E-state index contributed by atoms with van der Waals surface area (Å²) in [6.07, 6.45) is 0. The molecule has 19 heavy (non-hydrogen) atoms. The van der Waals surface area contributed by atoms with Gasteiger partial charge >= 0.3 is 0 Å². The van der Waals surface area contributed by atoms with E-state index in [0.717, 1.165) is 44.3 Å². The third-order valence-corrected chi connectivity index (χ3v) is 4.00. The smallest absolute Gasteiger partial charge is 0.0406 e. The van der Waals surface area contributed by atoms with Crippen molar-refractivity contribution in [3.8, 4) is 0 Å². The van der Waals surface area contributed by atoms with Crippen molar-refractivity contribution in [1.29, 1.82) is 0 Å². The number of rotatable bonds is 4. The molecular formula is C14H23Cl2N3. The molecule has 0 aliphatic carbocycles. The quantitative estimate of drug-likeness (QED) is 0.927. The lowest BCUT2D eigenvalue weighted by Gasteiger charge is -2.38. The Bertz CT molecular complexity index is 361. The summed E-state index contributed by atoms with van der Waals surface area (Å²) < 4.78 is 0. The molecule has 1 fully saturated rings. The highest BCUT2D eigenvalue weighted by molar-refractivity contribution is 6.30. The number of nitrogens with zero attached hydrogens (tertiary/aromatic N) is 2. The Morgan fingerprint density at radius 2 is 1.74 bits per heavy atom. The average Bonchev–Trinajstić information content (AvgIpc) is 2.40. The van der Waals surface area contributed by atoms with Crippen LogP contribution in [0.5, 0.6) is 0 Å². The number of piperazine rings is 1. The molecule has 0 saturated carbocycles. The summed E-state index contributed by atoms with van der Waals surface area (Å²) in [5.74, 6) is 0. The summed E-state index contributed by atoms with van der Waals surface area (Å²) in [5, 5.41) is 0.804. The topological polar surface area (TPSA) is 32.5 Å². The molecule has 1 unspecified atom stereocenters. The molecule has 1 saturated heterocycles. The Hall–Kier alpha value is -0.320. The fourth-order valence-corrected chi connectivity index (χ4v) is 2.63. The highest BCUT2D eigenvalue weighted by Crippen LogP contribution is 2.22. The summed E-state index contributed by atoms with van der Waals surface area (Å²) >= 11 is 5.92. The molecule has 0 radical (unpaired) electrons. The van der Waals surface area contributed by atoms with Gasteiger partial charge in [-0.15, -0.1) is 12.4 Å². The molecule has 1 aliphatic rings. The van der Waals surface area contributed by atoms with Crippen molar-refractivity contribution in [2.45, 2.75) is 13.0 Å². The number of benzene rings is 1. The Labute approximate surface area is 127 Å². The van der Waals surface area contributed by atoms with Gasteiger partial charge < -0.3 is 5.73 Å². The molecule has 0 bridgehead atoms. The lowest BCUT2D eigenvalue weighted by atomic mass is 10.1. The third kappa shape index (κ3) is 4.62. The molecule has 5 heteroatoms. The van der Waals surface area contributed by atoms with Crippen molar-refractivity contribution in [3.63, 3.8) is 0 Å². The average molecular weight is 304 g/mol. The van der Waals surface area contributed by atoms with Crippen LogP contribution in [0.1, 0.15) is 18.5 Å². The Balaban J connectivity index is 0.00000180. The minimum Gasteiger partial charge on any atom is -0.329 e. The van der Waals surface area contributed by atoms with E-state index in [2.05, 4.69) is 28.9 Å². The van der Waals surface area contributed by atoms with Crippen molar-refractivity contribution < 1.29 is 0 Å². The lowest BCUT2D eigenvalue weighted by molar-refractivity contribution is 0.104. The Kier molecular flexibility index (Phi) is 7.11. The number of hydrogen-bond acceptors (Lipinski definition) is 3. The summed E-state index contributed by atoms with van der Waals surface area (Å²) in [6, 6.07) is 8.65. The molecule has 108 valence electrons. The largest absolute Gasteiger partial charge is 0.329 e. The van der Waals surface area contributed by atoms with Crippen molar-refractivity contribution in [2.24, 2.45) is 5.73 Å². The SMILES string of the molecule is CC(c1ccc(Cl)cc1)N1CCN(CCN)CC1.Cl. The fourth-order valence-electron chi connectivity index (χ4n) is 2.51. The van der Waals surface area contributed by atoms with Gasteiger partial charge in [-0.3, -0.25) is 9.80 Å². The second-order valence-corrected chi connectivity index (χ2v) is 5.33. The first-order chi connectivity index (χ1) is 8.70. The summed E-state index contributed by atoms with van der Waals surface area (Å²) in [4.78, 5) is 4.96. The first kappa shape index (κ1) is 16.7. The zero-order valence-electron chi connectivity index (χ0n) is 11.4. The summed E-state index contributed by atoms with van der Waals surface area (Å²) in [5.41, 5.74) is 6.93. The first-order valence-electron chi connectivity index (χ1n) is 6.62. The molecule has 2 N–H and O–H groups in total. The highest BCUT2D eigenvalue weighted by Gasteiger charge is 2.21. The maximum Gasteiger partial charge on any atom is 0.0406 e. The van der Waals surface area contributed by atoms with Crippen molar-refractivity contribution in [2.75, 3.05) is 39.3 Å². The fraction of sp³-hybridized carbons (Fsp3) is 0.571. The van der Waals surface area contributed by atoms with Crippen LogP contribution in [-0.2, 0) is 0 Å². The molecule has 3 nitrogen and oxygen atoms in total. The minimum absolute atomic E-state index is 0. The predicted molar refractivity (Wildman–Crippen MR) is 84.2 cm³/mol. The van der Waals surface area contributed by atoms with E-state index in [1.165, 1.54) is 5.56 Å². The van der Waals surface area contributed by atoms with Crippen LogP contribution < -0.4 is 5.73 Å². The summed E-state index contributed by atoms with van der Waals surface area (Å²) in [7, 11) is 0. The summed E-state index contributed by atoms with van der Waals surface area (Å²) in [6.45, 7) is 8.51. The second-order valence-electron chi connectivity index (χ2n) is 4.89. The Morgan fingerprint density at radius 3 is 2.26 bits per heavy atom. The van der Waals surface area contributed by atoms with Crippen LogP contribution in [0.15, 0.2) is 24.3 Å². The van der Waals surface area contributed by atoms with E-state index in [0.29, 0.717) is 6.04 Å². The second kappa shape index (κ2) is 8.08. The van der Waals surface area contributed by atoms with E-state index in [9.17, 15) is 0 Å². The van der Waals surface area contributed by atoms with E-state index < -0.39 is 0 Å². The molecule has 0 aromatic heterocycles. The molecule has 1 heterocycles. The molecule has 1 aliphatic heterocycles. The number of hydrogen-bond donors (Lipinski definition) is 1. The van der Waals surface area contributed by atoms with Gasteiger partial charge in [0.15, 0.2) is 0 Å². The minimum atomic E-state index is 0. The lowest BCUT2D eigenvalue weighted by Crippen LogP contribution is -2.48. The molecule has 0 amide bonds. The van der Waals surface area contributed by atoms with Gasteiger partial charge in [0.05, 0.1) is 0 Å². The van der Waals surface area contributed by atoms with E-state index in [-0.39, 0.29) is 12.4 Å². The van der Waals surface area contributed by atoms with Crippen LogP contribution >= 0.6 is 24.0 Å². The number of nitrogens with two attached hydrogens (primary N) is 1. The van der Waals surface area contributed by atoms with Crippen LogP contribution in [0, 0.1) is 0 Å². The molecule has 0 spiro atoms. The van der Waals surface area contributed by atoms with Crippen molar-refractivity contribution >= 4 is 24.0 Å². The van der Waals surface area contributed by atoms with Gasteiger partial charge in [0, 0.05) is 50.3 Å². The molecule has 2 rings (SSSR count). The standard InChI is InChI=1S/C14H22ClN3.ClH/c1-12(13-2-4-14(15)5-3-13)18-10-8-17(7-6-16)9-11-18;/h2-5,12H,6-11,16H2,1H3;1H. The van der Waals surface area contributed by atoms with Gasteiger partial charge in [0.25, 0.3) is 0 Å². The van der Waals surface area contributed by atoms with Crippen LogP contribution in [0.3, 0.4) is 0 Å². The van der Waals surface area contributed by atoms with E-state index in [1.807, 2.05) is 12.1 Å². The van der Waals surface area contributed by atoms with Crippen LogP contribution in [0.2, 0.25) is 5.02 Å². The van der Waals surface area contributed by atoms with E-state index >= 15 is 0 Å². The number of halogens is 2. The van der Waals surface area contributed by atoms with Gasteiger partial charge in [-0.25, -0.2) is 0 Å². The molecule has 1 aromatic carbocycles. The van der Waals surface area contributed by atoms with E-state index in [4.69, 9.17) is 17.3 Å². The van der Waals surface area contributed by atoms with Crippen molar-refractivity contribution in [1.82, 2.24) is 9.80 Å². The molecule has 1 aromatic rings. The highest BCUT2D eigenvalue weighted by atomic mass is 35.5. The normalized spacial score (nSPS) is 18.9. The first-order valence-corrected chi connectivity index (χ1v) is 7.00. The van der Waals surface area contributed by atoms with Crippen LogP contribution in [0.25, 0.3) is 0 Å². The van der Waals surface area contributed by atoms with Gasteiger partial charge in [0.1, 0.15) is 0 Å². The van der Waals surface area contributed by atoms with Crippen LogP contribution in [-0.4, -0.2) is 49.1 Å². The van der Waals surface area contributed by atoms with Crippen molar-refractivity contribution in [3.05, 3.63) is 34.9 Å².